The molecule has 3 N–H and O–H groups in total. The third kappa shape index (κ3) is 0.669. The van der Waals surface area contributed by atoms with Gasteiger partial charge in [-0.25, -0.2) is 4.99 Å². The Morgan fingerprint density at radius 1 is 2.00 bits per heavy atom. The lowest BCUT2D eigenvalue weighted by Crippen LogP contribution is -2.19. The van der Waals surface area contributed by atoms with Gasteiger partial charge in [-0.15, -0.1) is 0 Å². The molecule has 1 heterocycles. The van der Waals surface area contributed by atoms with Crippen LogP contribution in [0.4, 0.5) is 0 Å². The van der Waals surface area contributed by atoms with E-state index in [0.29, 0.717) is 5.84 Å². The summed E-state index contributed by atoms with van der Waals surface area (Å²) in [5.74, 6) is 0.586. The Labute approximate surface area is 40.6 Å². The average molecular weight is 96.1 g/mol. The van der Waals surface area contributed by atoms with Crippen molar-refractivity contribution in [2.45, 2.75) is 6.17 Å². The maximum Gasteiger partial charge on any atom is 0.182 e. The largest absolute Gasteiger partial charge is 0.303 e. The monoisotopic (exact) mass is 96.0 g/mol. The van der Waals surface area contributed by atoms with Crippen LogP contribution in [0.3, 0.4) is 0 Å². The highest BCUT2D eigenvalue weighted by atomic mass is 15.2. The van der Waals surface area contributed by atoms with Crippen molar-refractivity contribution in [3.05, 3.63) is 0 Å². The first-order valence-electron chi connectivity index (χ1n) is 1.83. The van der Waals surface area contributed by atoms with E-state index in [4.69, 9.17) is 11.0 Å². The quantitative estimate of drug-likeness (QED) is 0.292. The molecule has 7 heavy (non-hydrogen) atoms. The van der Waals surface area contributed by atoms with E-state index >= 15 is 0 Å². The topological polar surface area (TPSA) is 74.2 Å². The van der Waals surface area contributed by atoms with Crippen LogP contribution in [0.15, 0.2) is 4.99 Å². The maximum atomic E-state index is 7.90. The predicted molar refractivity (Wildman–Crippen MR) is 24.2 cm³/mol. The second kappa shape index (κ2) is 1.21. The molecule has 1 atom stereocenters. The predicted octanol–water partition coefficient (Wildman–Crippen LogP) is -1.25. The normalized spacial score (nSPS) is 25.1. The minimum Gasteiger partial charge on any atom is -0.303 e. The van der Waals surface area contributed by atoms with Crippen LogP contribution in [0.25, 0.3) is 0 Å². The summed E-state index contributed by atoms with van der Waals surface area (Å²) in [4.78, 5) is 3.61. The van der Waals surface area contributed by atoms with Crippen LogP contribution >= 0.6 is 0 Å². The third-order valence-corrected chi connectivity index (χ3v) is 0.675. The molecule has 1 aliphatic rings. The second-order valence-electron chi connectivity index (χ2n) is 1.20. The first kappa shape index (κ1) is 4.09. The summed E-state index contributed by atoms with van der Waals surface area (Å²) in [5.41, 5.74) is 5.14. The zero-order valence-electron chi connectivity index (χ0n) is 3.55. The molecular weight excluding hydrogens is 92.1 g/mol. The number of nitrogens with zero attached hydrogens (tertiary/aromatic N) is 2. The fourth-order valence-electron chi connectivity index (χ4n) is 0.276. The molecular formula is C3H4N4. The summed E-state index contributed by atoms with van der Waals surface area (Å²) >= 11 is 0. The number of nitrogens with two attached hydrogens (primary N) is 1. The summed E-state index contributed by atoms with van der Waals surface area (Å²) in [6.45, 7) is 0. The minimum atomic E-state index is -0.223. The van der Waals surface area contributed by atoms with Crippen molar-refractivity contribution in [2.75, 3.05) is 0 Å². The van der Waals surface area contributed by atoms with Crippen LogP contribution in [0.1, 0.15) is 0 Å². The summed E-state index contributed by atoms with van der Waals surface area (Å²) in [6, 6.07) is 0. The summed E-state index contributed by atoms with van der Waals surface area (Å²) in [5, 5.41) is 10.2. The van der Waals surface area contributed by atoms with Gasteiger partial charge in [-0.05, 0) is 0 Å². The summed E-state index contributed by atoms with van der Waals surface area (Å²) < 4.78 is 0. The molecule has 0 aromatic heterocycles. The number of nitrogens with one attached hydrogen (secondary N) is 1. The molecule has 4 heteroatoms. The van der Waals surface area contributed by atoms with Gasteiger partial charge in [-0.1, -0.05) is 0 Å². The fourth-order valence-corrected chi connectivity index (χ4v) is 0.276. The van der Waals surface area contributed by atoms with Crippen molar-refractivity contribution in [1.29, 1.82) is 5.26 Å². The molecule has 36 valence electrons. The van der Waals surface area contributed by atoms with Crippen LogP contribution in [0.5, 0.6) is 0 Å². The Hall–Kier alpha value is -1.08. The lowest BCUT2D eigenvalue weighted by Gasteiger charge is -1.76. The van der Waals surface area contributed by atoms with E-state index in [1.807, 2.05) is 0 Å². The van der Waals surface area contributed by atoms with Gasteiger partial charge in [0.25, 0.3) is 0 Å². The smallest absolute Gasteiger partial charge is 0.182 e. The first-order chi connectivity index (χ1) is 3.34. The van der Waals surface area contributed by atoms with E-state index in [1.165, 1.54) is 0 Å². The van der Waals surface area contributed by atoms with Gasteiger partial charge in [0, 0.05) is 0 Å². The minimum absolute atomic E-state index is 0.223. The van der Waals surface area contributed by atoms with Gasteiger partial charge in [0.2, 0.25) is 0 Å². The Morgan fingerprint density at radius 2 is 2.57 bits per heavy atom. The molecule has 0 aromatic carbocycles. The fraction of sp³-hybridized carbons (Fsp3) is 0.333. The lowest BCUT2D eigenvalue weighted by molar-refractivity contribution is 1.06. The van der Waals surface area contributed by atoms with Gasteiger partial charge in [-0.2, -0.15) is 5.26 Å². The SMILES string of the molecule is N#CNC1=NC1N. The van der Waals surface area contributed by atoms with Crippen molar-refractivity contribution in [1.82, 2.24) is 5.32 Å². The zero-order valence-corrected chi connectivity index (χ0v) is 3.55. The van der Waals surface area contributed by atoms with Gasteiger partial charge in [-0.3, -0.25) is 5.32 Å². The second-order valence-corrected chi connectivity index (χ2v) is 1.20. The molecule has 0 spiro atoms. The molecule has 0 saturated heterocycles. The molecule has 0 aliphatic carbocycles. The Morgan fingerprint density at radius 3 is 2.71 bits per heavy atom. The van der Waals surface area contributed by atoms with Crippen molar-refractivity contribution in [2.24, 2.45) is 10.7 Å². The van der Waals surface area contributed by atoms with E-state index in [2.05, 4.69) is 10.3 Å². The van der Waals surface area contributed by atoms with E-state index in [0.717, 1.165) is 0 Å². The van der Waals surface area contributed by atoms with Gasteiger partial charge >= 0.3 is 0 Å². The average Bonchev–Trinajstić information content (AvgIpc) is 2.22. The van der Waals surface area contributed by atoms with Gasteiger partial charge < -0.3 is 5.73 Å². The highest BCUT2D eigenvalue weighted by molar-refractivity contribution is 5.98. The first-order valence-corrected chi connectivity index (χ1v) is 1.83. The van der Waals surface area contributed by atoms with E-state index in [1.54, 1.807) is 6.19 Å². The van der Waals surface area contributed by atoms with Gasteiger partial charge in [0.05, 0.1) is 0 Å². The van der Waals surface area contributed by atoms with E-state index < -0.39 is 0 Å². The number of nitriles is 1. The zero-order chi connectivity index (χ0) is 5.28. The Kier molecular flexibility index (Phi) is 0.704. The molecule has 0 aromatic rings. The Balaban J connectivity index is 2.24. The van der Waals surface area contributed by atoms with Gasteiger partial charge in [0.1, 0.15) is 0 Å². The lowest BCUT2D eigenvalue weighted by atomic mass is 10.7. The van der Waals surface area contributed by atoms with Crippen molar-refractivity contribution in [3.63, 3.8) is 0 Å². The highest BCUT2D eigenvalue weighted by Gasteiger charge is 2.21. The van der Waals surface area contributed by atoms with Crippen molar-refractivity contribution < 1.29 is 0 Å². The third-order valence-electron chi connectivity index (χ3n) is 0.675. The number of aliphatic imine (C=N–C) groups is 1. The molecule has 4 nitrogen and oxygen atoms in total. The summed E-state index contributed by atoms with van der Waals surface area (Å²) in [6.07, 6.45) is 1.48. The molecule has 0 saturated carbocycles. The molecule has 0 radical (unpaired) electrons. The number of amidine groups is 1. The molecule has 1 unspecified atom stereocenters. The number of hydrogen-bond donors (Lipinski definition) is 2. The van der Waals surface area contributed by atoms with Crippen LogP contribution in [0.2, 0.25) is 0 Å². The molecule has 1 rings (SSSR count). The number of rotatable bonds is 0. The van der Waals surface area contributed by atoms with Crippen LogP contribution in [0, 0.1) is 11.5 Å². The molecule has 0 bridgehead atoms. The molecule has 1 aliphatic heterocycles. The maximum absolute atomic E-state index is 7.90. The van der Waals surface area contributed by atoms with Crippen LogP contribution in [-0.4, -0.2) is 12.0 Å². The molecule has 0 fully saturated rings. The van der Waals surface area contributed by atoms with Crippen molar-refractivity contribution >= 4 is 5.84 Å². The Bertz CT molecular complexity index is 142. The van der Waals surface area contributed by atoms with E-state index in [-0.39, 0.29) is 6.17 Å². The highest BCUT2D eigenvalue weighted by Crippen LogP contribution is 1.98. The van der Waals surface area contributed by atoms with Crippen LogP contribution < -0.4 is 11.1 Å². The van der Waals surface area contributed by atoms with Crippen LogP contribution in [-0.2, 0) is 0 Å². The molecule has 0 amide bonds. The standard InChI is InChI=1S/C3H4N4/c4-1-6-3-2(5)7-3/h2H,5H2,(H,6,7). The summed E-state index contributed by atoms with van der Waals surface area (Å²) in [7, 11) is 0. The van der Waals surface area contributed by atoms with E-state index in [9.17, 15) is 0 Å². The van der Waals surface area contributed by atoms with Crippen molar-refractivity contribution in [3.8, 4) is 6.19 Å². The van der Waals surface area contributed by atoms with Gasteiger partial charge in [0.15, 0.2) is 18.2 Å². The number of hydrogen-bond acceptors (Lipinski definition) is 4.